The molecule has 0 spiro atoms. The van der Waals surface area contributed by atoms with Crippen molar-refractivity contribution in [1.82, 2.24) is 15.0 Å². The van der Waals surface area contributed by atoms with E-state index in [1.807, 2.05) is 31.3 Å². The standard InChI is InChI=1S/C19H23N3O/c1-11-6-7-15-16(8-11)22-18(21-15)19(5,23)9-17-14(4)13(3)12(2)10-20-17/h6-8,10,23H,9H2,1-5H3,(H,21,22). The van der Waals surface area contributed by atoms with Gasteiger partial charge in [0.1, 0.15) is 11.4 Å². The van der Waals surface area contributed by atoms with Gasteiger partial charge in [0.2, 0.25) is 0 Å². The lowest BCUT2D eigenvalue weighted by atomic mass is 9.94. The van der Waals surface area contributed by atoms with Crippen LogP contribution in [0, 0.1) is 27.7 Å². The minimum absolute atomic E-state index is 0.429. The summed E-state index contributed by atoms with van der Waals surface area (Å²) in [5.41, 5.74) is 6.34. The zero-order valence-corrected chi connectivity index (χ0v) is 14.4. The van der Waals surface area contributed by atoms with E-state index < -0.39 is 5.60 Å². The minimum atomic E-state index is -1.09. The van der Waals surface area contributed by atoms with Gasteiger partial charge in [0.05, 0.1) is 11.0 Å². The fourth-order valence-electron chi connectivity index (χ4n) is 2.85. The molecule has 0 saturated heterocycles. The van der Waals surface area contributed by atoms with Crippen LogP contribution in [0.1, 0.15) is 40.7 Å². The zero-order chi connectivity index (χ0) is 16.8. The molecule has 2 heterocycles. The molecule has 0 aliphatic heterocycles. The third-order valence-electron chi connectivity index (χ3n) is 4.66. The van der Waals surface area contributed by atoms with E-state index in [2.05, 4.69) is 35.7 Å². The lowest BCUT2D eigenvalue weighted by Gasteiger charge is -2.22. The molecule has 0 bridgehead atoms. The van der Waals surface area contributed by atoms with Gasteiger partial charge in [-0.2, -0.15) is 0 Å². The predicted octanol–water partition coefficient (Wildman–Crippen LogP) is 3.64. The quantitative estimate of drug-likeness (QED) is 0.776. The first-order valence-electron chi connectivity index (χ1n) is 7.89. The van der Waals surface area contributed by atoms with Crippen LogP contribution in [0.5, 0.6) is 0 Å². The highest BCUT2D eigenvalue weighted by Gasteiger charge is 2.29. The normalized spacial score (nSPS) is 14.2. The summed E-state index contributed by atoms with van der Waals surface area (Å²) >= 11 is 0. The van der Waals surface area contributed by atoms with Gasteiger partial charge in [0.25, 0.3) is 0 Å². The molecule has 0 saturated carbocycles. The number of pyridine rings is 1. The molecule has 0 fully saturated rings. The highest BCUT2D eigenvalue weighted by Crippen LogP contribution is 2.27. The van der Waals surface area contributed by atoms with Crippen molar-refractivity contribution in [3.05, 3.63) is 58.2 Å². The number of benzene rings is 1. The van der Waals surface area contributed by atoms with Gasteiger partial charge in [-0.25, -0.2) is 4.98 Å². The van der Waals surface area contributed by atoms with Gasteiger partial charge in [0.15, 0.2) is 0 Å². The van der Waals surface area contributed by atoms with E-state index in [1.54, 1.807) is 6.92 Å². The summed E-state index contributed by atoms with van der Waals surface area (Å²) in [6.45, 7) is 10.0. The fraction of sp³-hybridized carbons (Fsp3) is 0.368. The second kappa shape index (κ2) is 5.46. The van der Waals surface area contributed by atoms with Crippen LogP contribution >= 0.6 is 0 Å². The van der Waals surface area contributed by atoms with Crippen LogP contribution < -0.4 is 0 Å². The molecule has 0 amide bonds. The number of fused-ring (bicyclic) bond motifs is 1. The maximum absolute atomic E-state index is 11.0. The SMILES string of the molecule is Cc1ccc2nc(C(C)(O)Cc3ncc(C)c(C)c3C)[nH]c2c1. The van der Waals surface area contributed by atoms with Crippen molar-refractivity contribution in [3.63, 3.8) is 0 Å². The maximum Gasteiger partial charge on any atom is 0.139 e. The first-order valence-corrected chi connectivity index (χ1v) is 7.89. The Morgan fingerprint density at radius 2 is 1.87 bits per heavy atom. The van der Waals surface area contributed by atoms with Crippen LogP contribution in [0.4, 0.5) is 0 Å². The van der Waals surface area contributed by atoms with Crippen molar-refractivity contribution in [2.75, 3.05) is 0 Å². The number of imidazole rings is 1. The molecular weight excluding hydrogens is 286 g/mol. The van der Waals surface area contributed by atoms with E-state index in [0.29, 0.717) is 12.2 Å². The van der Waals surface area contributed by atoms with E-state index in [-0.39, 0.29) is 0 Å². The number of hydrogen-bond acceptors (Lipinski definition) is 3. The molecule has 4 heteroatoms. The van der Waals surface area contributed by atoms with Crippen LogP contribution in [0.3, 0.4) is 0 Å². The fourth-order valence-corrected chi connectivity index (χ4v) is 2.85. The molecule has 4 nitrogen and oxygen atoms in total. The first kappa shape index (κ1) is 15.7. The number of aromatic amines is 1. The number of aryl methyl sites for hydroxylation is 2. The molecule has 0 aliphatic rings. The highest BCUT2D eigenvalue weighted by atomic mass is 16.3. The van der Waals surface area contributed by atoms with Gasteiger partial charge in [0, 0.05) is 18.3 Å². The molecule has 1 atom stereocenters. The van der Waals surface area contributed by atoms with Crippen molar-refractivity contribution >= 4 is 11.0 Å². The second-order valence-corrected chi connectivity index (χ2v) is 6.69. The summed E-state index contributed by atoms with van der Waals surface area (Å²) in [5, 5.41) is 11.0. The van der Waals surface area contributed by atoms with Gasteiger partial charge < -0.3 is 10.1 Å². The molecular formula is C19H23N3O. The lowest BCUT2D eigenvalue weighted by Crippen LogP contribution is -2.27. The number of H-pyrrole nitrogens is 1. The molecule has 1 unspecified atom stereocenters. The van der Waals surface area contributed by atoms with Gasteiger partial charge >= 0.3 is 0 Å². The molecule has 2 aromatic heterocycles. The average Bonchev–Trinajstić information content (AvgIpc) is 2.92. The van der Waals surface area contributed by atoms with Gasteiger partial charge in [-0.05, 0) is 69.0 Å². The molecule has 0 aliphatic carbocycles. The van der Waals surface area contributed by atoms with Crippen LogP contribution in [-0.4, -0.2) is 20.1 Å². The number of nitrogens with zero attached hydrogens (tertiary/aromatic N) is 2. The molecule has 0 radical (unpaired) electrons. The Morgan fingerprint density at radius 1 is 1.13 bits per heavy atom. The van der Waals surface area contributed by atoms with Crippen LogP contribution in [-0.2, 0) is 12.0 Å². The van der Waals surface area contributed by atoms with E-state index in [9.17, 15) is 5.11 Å². The van der Waals surface area contributed by atoms with E-state index in [0.717, 1.165) is 22.3 Å². The number of hydrogen-bond donors (Lipinski definition) is 2. The first-order chi connectivity index (χ1) is 10.8. The van der Waals surface area contributed by atoms with Crippen molar-refractivity contribution in [2.24, 2.45) is 0 Å². The lowest BCUT2D eigenvalue weighted by molar-refractivity contribution is 0.0481. The van der Waals surface area contributed by atoms with Crippen molar-refractivity contribution in [3.8, 4) is 0 Å². The summed E-state index contributed by atoms with van der Waals surface area (Å²) < 4.78 is 0. The topological polar surface area (TPSA) is 61.8 Å². The molecule has 3 aromatic rings. The van der Waals surface area contributed by atoms with E-state index in [1.165, 1.54) is 16.7 Å². The Labute approximate surface area is 136 Å². The molecule has 120 valence electrons. The summed E-state index contributed by atoms with van der Waals surface area (Å²) in [6, 6.07) is 6.04. The Morgan fingerprint density at radius 3 is 2.61 bits per heavy atom. The summed E-state index contributed by atoms with van der Waals surface area (Å²) in [4.78, 5) is 12.3. The van der Waals surface area contributed by atoms with Crippen molar-refractivity contribution in [1.29, 1.82) is 0 Å². The van der Waals surface area contributed by atoms with Gasteiger partial charge in [-0.15, -0.1) is 0 Å². The van der Waals surface area contributed by atoms with Gasteiger partial charge in [-0.1, -0.05) is 6.07 Å². The van der Waals surface area contributed by atoms with Crippen molar-refractivity contribution in [2.45, 2.75) is 46.6 Å². The average molecular weight is 309 g/mol. The van der Waals surface area contributed by atoms with E-state index >= 15 is 0 Å². The summed E-state index contributed by atoms with van der Waals surface area (Å²) in [6.07, 6.45) is 2.30. The number of aliphatic hydroxyl groups is 1. The van der Waals surface area contributed by atoms with Gasteiger partial charge in [-0.3, -0.25) is 4.98 Å². The molecule has 2 N–H and O–H groups in total. The second-order valence-electron chi connectivity index (χ2n) is 6.69. The van der Waals surface area contributed by atoms with E-state index in [4.69, 9.17) is 0 Å². The van der Waals surface area contributed by atoms with Crippen molar-refractivity contribution < 1.29 is 5.11 Å². The molecule has 23 heavy (non-hydrogen) atoms. The Kier molecular flexibility index (Phi) is 3.72. The largest absolute Gasteiger partial charge is 0.382 e. The third kappa shape index (κ3) is 2.86. The maximum atomic E-state index is 11.0. The Balaban J connectivity index is 1.98. The van der Waals surface area contributed by atoms with Crippen LogP contribution in [0.15, 0.2) is 24.4 Å². The Hall–Kier alpha value is -2.20. The zero-order valence-electron chi connectivity index (χ0n) is 14.4. The Bertz CT molecular complexity index is 878. The number of rotatable bonds is 3. The molecule has 3 rings (SSSR count). The highest BCUT2D eigenvalue weighted by molar-refractivity contribution is 5.76. The third-order valence-corrected chi connectivity index (χ3v) is 4.66. The summed E-state index contributed by atoms with van der Waals surface area (Å²) in [5.74, 6) is 0.581. The number of aromatic nitrogens is 3. The van der Waals surface area contributed by atoms with Crippen LogP contribution in [0.2, 0.25) is 0 Å². The smallest absolute Gasteiger partial charge is 0.139 e. The molecule has 1 aromatic carbocycles. The van der Waals surface area contributed by atoms with Crippen LogP contribution in [0.25, 0.3) is 11.0 Å². The number of nitrogens with one attached hydrogen (secondary N) is 1. The monoisotopic (exact) mass is 309 g/mol. The predicted molar refractivity (Wildman–Crippen MR) is 92.6 cm³/mol. The summed E-state index contributed by atoms with van der Waals surface area (Å²) in [7, 11) is 0. The minimum Gasteiger partial charge on any atom is -0.382 e.